The number of aromatic nitrogens is 1. The van der Waals surface area contributed by atoms with E-state index in [0.29, 0.717) is 11.3 Å². The summed E-state index contributed by atoms with van der Waals surface area (Å²) in [4.78, 5) is 27.7. The van der Waals surface area contributed by atoms with Crippen molar-refractivity contribution in [2.75, 3.05) is 5.32 Å². The smallest absolute Gasteiger partial charge is 0.251 e. The second kappa shape index (κ2) is 7.19. The van der Waals surface area contributed by atoms with Crippen LogP contribution in [0.25, 0.3) is 0 Å². The molecule has 0 saturated carbocycles. The van der Waals surface area contributed by atoms with Crippen LogP contribution in [0.15, 0.2) is 54.9 Å². The van der Waals surface area contributed by atoms with E-state index < -0.39 is 0 Å². The number of carbonyl (C=O) groups is 2. The van der Waals surface area contributed by atoms with Crippen molar-refractivity contribution in [3.05, 3.63) is 60.4 Å². The quantitative estimate of drug-likeness (QED) is 0.884. The summed E-state index contributed by atoms with van der Waals surface area (Å²) in [5, 5.41) is 5.56. The molecule has 5 heteroatoms. The van der Waals surface area contributed by atoms with Crippen LogP contribution in [0, 0.1) is 0 Å². The first-order chi connectivity index (χ1) is 10.1. The Morgan fingerprint density at radius 1 is 1.10 bits per heavy atom. The van der Waals surface area contributed by atoms with E-state index in [1.54, 1.807) is 55.7 Å². The number of hydrogen-bond acceptors (Lipinski definition) is 3. The summed E-state index contributed by atoms with van der Waals surface area (Å²) in [5.74, 6) is -0.332. The van der Waals surface area contributed by atoms with E-state index in [1.807, 2.05) is 6.07 Å². The Morgan fingerprint density at radius 2 is 1.76 bits per heavy atom. The maximum atomic E-state index is 11.9. The predicted molar refractivity (Wildman–Crippen MR) is 80.9 cm³/mol. The van der Waals surface area contributed by atoms with Crippen LogP contribution in [0.2, 0.25) is 0 Å². The van der Waals surface area contributed by atoms with Crippen molar-refractivity contribution in [2.45, 2.75) is 19.4 Å². The number of benzene rings is 1. The lowest BCUT2D eigenvalue weighted by molar-refractivity contribution is -0.116. The van der Waals surface area contributed by atoms with Crippen LogP contribution >= 0.6 is 0 Å². The van der Waals surface area contributed by atoms with Crippen LogP contribution in [0.1, 0.15) is 23.7 Å². The fourth-order valence-electron chi connectivity index (χ4n) is 1.87. The minimum Gasteiger partial charge on any atom is -0.349 e. The highest BCUT2D eigenvalue weighted by molar-refractivity contribution is 5.95. The van der Waals surface area contributed by atoms with E-state index in [0.717, 1.165) is 0 Å². The molecule has 2 N–H and O–H groups in total. The van der Waals surface area contributed by atoms with Gasteiger partial charge >= 0.3 is 0 Å². The highest BCUT2D eigenvalue weighted by Gasteiger charge is 2.13. The molecule has 0 bridgehead atoms. The molecule has 0 fully saturated rings. The second-order valence-electron chi connectivity index (χ2n) is 4.73. The van der Waals surface area contributed by atoms with Crippen molar-refractivity contribution in [3.63, 3.8) is 0 Å². The maximum Gasteiger partial charge on any atom is 0.251 e. The average molecular weight is 283 g/mol. The molecule has 5 nitrogen and oxygen atoms in total. The molecule has 0 aliphatic carbocycles. The van der Waals surface area contributed by atoms with Crippen molar-refractivity contribution in [1.82, 2.24) is 10.3 Å². The third-order valence-electron chi connectivity index (χ3n) is 2.87. The van der Waals surface area contributed by atoms with Crippen molar-refractivity contribution in [3.8, 4) is 0 Å². The minimum atomic E-state index is -0.250. The largest absolute Gasteiger partial charge is 0.349 e. The number of pyridine rings is 1. The number of amides is 2. The lowest BCUT2D eigenvalue weighted by Crippen LogP contribution is -2.35. The molecule has 21 heavy (non-hydrogen) atoms. The monoisotopic (exact) mass is 283 g/mol. The fraction of sp³-hybridized carbons (Fsp3) is 0.188. The van der Waals surface area contributed by atoms with Gasteiger partial charge in [-0.2, -0.15) is 0 Å². The van der Waals surface area contributed by atoms with Crippen LogP contribution in [0.5, 0.6) is 0 Å². The second-order valence-corrected chi connectivity index (χ2v) is 4.73. The third kappa shape index (κ3) is 4.72. The lowest BCUT2D eigenvalue weighted by Gasteiger charge is -2.13. The van der Waals surface area contributed by atoms with Crippen LogP contribution in [0.4, 0.5) is 5.69 Å². The summed E-state index contributed by atoms with van der Waals surface area (Å²) >= 11 is 0. The normalized spacial score (nSPS) is 11.5. The van der Waals surface area contributed by atoms with E-state index >= 15 is 0 Å². The highest BCUT2D eigenvalue weighted by atomic mass is 16.2. The van der Waals surface area contributed by atoms with Gasteiger partial charge in [0.05, 0.1) is 0 Å². The molecule has 0 radical (unpaired) electrons. The van der Waals surface area contributed by atoms with Gasteiger partial charge in [0, 0.05) is 36.1 Å². The summed E-state index contributed by atoms with van der Waals surface area (Å²) in [6.45, 7) is 1.80. The van der Waals surface area contributed by atoms with Gasteiger partial charge in [-0.25, -0.2) is 0 Å². The molecule has 108 valence electrons. The molecule has 1 aromatic carbocycles. The SMILES string of the molecule is CC(CC(=O)Nc1ccncc1)NC(=O)c1ccccc1. The van der Waals surface area contributed by atoms with Crippen molar-refractivity contribution in [1.29, 1.82) is 0 Å². The van der Waals surface area contributed by atoms with Gasteiger partial charge in [0.1, 0.15) is 0 Å². The molecule has 1 unspecified atom stereocenters. The van der Waals surface area contributed by atoms with Gasteiger partial charge in [-0.3, -0.25) is 14.6 Å². The number of hydrogen-bond donors (Lipinski definition) is 2. The van der Waals surface area contributed by atoms with Crippen LogP contribution in [-0.2, 0) is 4.79 Å². The molecule has 1 atom stereocenters. The number of nitrogens with zero attached hydrogens (tertiary/aromatic N) is 1. The summed E-state index contributed by atoms with van der Waals surface area (Å²) < 4.78 is 0. The molecular weight excluding hydrogens is 266 g/mol. The average Bonchev–Trinajstić information content (AvgIpc) is 2.48. The Labute approximate surface area is 123 Å². The van der Waals surface area contributed by atoms with E-state index in [1.165, 1.54) is 0 Å². The van der Waals surface area contributed by atoms with Gasteiger partial charge in [0.25, 0.3) is 5.91 Å². The summed E-state index contributed by atoms with van der Waals surface area (Å²) in [6.07, 6.45) is 3.42. The highest BCUT2D eigenvalue weighted by Crippen LogP contribution is 2.05. The third-order valence-corrected chi connectivity index (χ3v) is 2.87. The Kier molecular flexibility index (Phi) is 5.04. The van der Waals surface area contributed by atoms with Crippen LogP contribution in [-0.4, -0.2) is 22.8 Å². The maximum absolute atomic E-state index is 11.9. The van der Waals surface area contributed by atoms with Gasteiger partial charge < -0.3 is 10.6 Å². The molecule has 0 aliphatic rings. The molecule has 0 aliphatic heterocycles. The fourth-order valence-corrected chi connectivity index (χ4v) is 1.87. The lowest BCUT2D eigenvalue weighted by atomic mass is 10.1. The molecular formula is C16H17N3O2. The molecule has 2 amide bonds. The van der Waals surface area contributed by atoms with Crippen LogP contribution < -0.4 is 10.6 Å². The molecule has 1 aromatic heterocycles. The van der Waals surface area contributed by atoms with Gasteiger partial charge in [-0.1, -0.05) is 18.2 Å². The summed E-state index contributed by atoms with van der Waals surface area (Å²) in [6, 6.07) is 12.1. The zero-order valence-electron chi connectivity index (χ0n) is 11.7. The Balaban J connectivity index is 1.83. The molecule has 2 rings (SSSR count). The molecule has 2 aromatic rings. The van der Waals surface area contributed by atoms with Gasteiger partial charge in [0.2, 0.25) is 5.91 Å². The van der Waals surface area contributed by atoms with Crippen molar-refractivity contribution < 1.29 is 9.59 Å². The number of carbonyl (C=O) groups excluding carboxylic acids is 2. The van der Waals surface area contributed by atoms with Gasteiger partial charge in [-0.05, 0) is 31.2 Å². The Hall–Kier alpha value is -2.69. The van der Waals surface area contributed by atoms with E-state index in [2.05, 4.69) is 15.6 Å². The summed E-state index contributed by atoms with van der Waals surface area (Å²) in [5.41, 5.74) is 1.27. The first kappa shape index (κ1) is 14.7. The van der Waals surface area contributed by atoms with Crippen molar-refractivity contribution in [2.24, 2.45) is 0 Å². The number of anilines is 1. The zero-order valence-corrected chi connectivity index (χ0v) is 11.7. The molecule has 0 saturated heterocycles. The Bertz CT molecular complexity index is 599. The standard InChI is InChI=1S/C16H17N3O2/c1-12(18-16(21)13-5-3-2-4-6-13)11-15(20)19-14-7-9-17-10-8-14/h2-10,12H,11H2,1H3,(H,18,21)(H,17,19,20). The first-order valence-corrected chi connectivity index (χ1v) is 6.71. The zero-order chi connectivity index (χ0) is 15.1. The molecule has 0 spiro atoms. The predicted octanol–water partition coefficient (Wildman–Crippen LogP) is 2.23. The van der Waals surface area contributed by atoms with Gasteiger partial charge in [0.15, 0.2) is 0 Å². The van der Waals surface area contributed by atoms with Gasteiger partial charge in [-0.15, -0.1) is 0 Å². The molecule has 1 heterocycles. The first-order valence-electron chi connectivity index (χ1n) is 6.71. The van der Waals surface area contributed by atoms with Crippen molar-refractivity contribution >= 4 is 17.5 Å². The number of rotatable bonds is 5. The van der Waals surface area contributed by atoms with E-state index in [4.69, 9.17) is 0 Å². The van der Waals surface area contributed by atoms with E-state index in [9.17, 15) is 9.59 Å². The van der Waals surface area contributed by atoms with E-state index in [-0.39, 0.29) is 24.3 Å². The minimum absolute atomic E-state index is 0.151. The Morgan fingerprint density at radius 3 is 2.43 bits per heavy atom. The number of nitrogens with one attached hydrogen (secondary N) is 2. The summed E-state index contributed by atoms with van der Waals surface area (Å²) in [7, 11) is 0. The van der Waals surface area contributed by atoms with Crippen LogP contribution in [0.3, 0.4) is 0 Å². The topological polar surface area (TPSA) is 71.1 Å².